The first-order valence-electron chi connectivity index (χ1n) is 3.70. The van der Waals surface area contributed by atoms with Gasteiger partial charge in [-0.1, -0.05) is 52.5 Å². The van der Waals surface area contributed by atoms with Crippen LogP contribution in [-0.2, 0) is 10.1 Å². The highest BCUT2D eigenvalue weighted by molar-refractivity contribution is 7.85. The second-order valence-corrected chi connectivity index (χ2v) is 5.94. The zero-order valence-corrected chi connectivity index (χ0v) is 10.8. The lowest BCUT2D eigenvalue weighted by molar-refractivity contribution is 0.483. The van der Waals surface area contributed by atoms with E-state index in [4.69, 9.17) is 39.4 Å². The Balaban J connectivity index is 0.000000423. The van der Waals surface area contributed by atoms with Gasteiger partial charge < -0.3 is 0 Å². The lowest BCUT2D eigenvalue weighted by atomic mass is 10.2. The van der Waals surface area contributed by atoms with Gasteiger partial charge in [-0.3, -0.25) is 4.55 Å². The fourth-order valence-electron chi connectivity index (χ4n) is 0.710. The molecule has 1 aromatic carbocycles. The third kappa shape index (κ3) is 7.88. The predicted octanol–water partition coefficient (Wildman–Crippen LogP) is 3.23. The molecule has 0 atom stereocenters. The Morgan fingerprint density at radius 1 is 1.13 bits per heavy atom. The average Bonchev–Trinajstić information content (AvgIpc) is 2.01. The van der Waals surface area contributed by atoms with Crippen LogP contribution in [0.1, 0.15) is 5.56 Å². The van der Waals surface area contributed by atoms with E-state index in [0.29, 0.717) is 0 Å². The smallest absolute Gasteiger partial charge is 0.282 e. The van der Waals surface area contributed by atoms with Gasteiger partial charge in [-0.05, 0) is 19.1 Å². The highest BCUT2D eigenvalue weighted by atomic mass is 35.6. The molecule has 0 fully saturated rings. The van der Waals surface area contributed by atoms with Crippen LogP contribution >= 0.6 is 34.8 Å². The minimum absolute atomic E-state index is 0.0666. The molecule has 0 heterocycles. The molecule has 0 aliphatic heterocycles. The van der Waals surface area contributed by atoms with E-state index < -0.39 is 14.4 Å². The first kappa shape index (κ1) is 15.0. The quantitative estimate of drug-likeness (QED) is 0.638. The maximum atomic E-state index is 10.5. The molecule has 0 spiro atoms. The second-order valence-electron chi connectivity index (χ2n) is 2.54. The number of hydrogen-bond acceptors (Lipinski definition) is 2. The van der Waals surface area contributed by atoms with Crippen molar-refractivity contribution in [2.75, 3.05) is 0 Å². The molecular formula is C8H9Cl3O3S. The van der Waals surface area contributed by atoms with Crippen molar-refractivity contribution in [1.29, 1.82) is 0 Å². The van der Waals surface area contributed by atoms with Gasteiger partial charge in [0.05, 0.1) is 4.90 Å². The van der Waals surface area contributed by atoms with E-state index in [0.717, 1.165) is 5.56 Å². The number of aryl methyl sites for hydroxylation is 1. The molecule has 0 aliphatic rings. The highest BCUT2D eigenvalue weighted by Gasteiger charge is 2.06. The van der Waals surface area contributed by atoms with Crippen LogP contribution in [0.4, 0.5) is 0 Å². The fourth-order valence-corrected chi connectivity index (χ4v) is 1.19. The van der Waals surface area contributed by atoms with Gasteiger partial charge in [0.2, 0.25) is 0 Å². The lowest BCUT2D eigenvalue weighted by Crippen LogP contribution is -1.96. The monoisotopic (exact) mass is 290 g/mol. The van der Waals surface area contributed by atoms with Crippen LogP contribution in [0, 0.1) is 6.92 Å². The molecule has 0 saturated heterocycles. The van der Waals surface area contributed by atoms with Gasteiger partial charge >= 0.3 is 0 Å². The van der Waals surface area contributed by atoms with Gasteiger partial charge in [-0.25, -0.2) is 0 Å². The summed E-state index contributed by atoms with van der Waals surface area (Å²) in [5, 5.41) is 0. The van der Waals surface area contributed by atoms with Crippen LogP contribution in [0.15, 0.2) is 29.2 Å². The molecule has 0 bridgehead atoms. The number of alkyl halides is 3. The lowest BCUT2D eigenvalue weighted by Gasteiger charge is -1.95. The molecule has 15 heavy (non-hydrogen) atoms. The molecule has 86 valence electrons. The van der Waals surface area contributed by atoms with Crippen molar-refractivity contribution >= 4 is 44.9 Å². The summed E-state index contributed by atoms with van der Waals surface area (Å²) < 4.78 is 28.8. The van der Waals surface area contributed by atoms with Crippen molar-refractivity contribution in [3.8, 4) is 0 Å². The SMILES string of the molecule is Cc1ccc(S(=O)(=O)O)cc1.ClC(Cl)Cl. The van der Waals surface area contributed by atoms with Crippen LogP contribution in [-0.4, -0.2) is 17.3 Å². The summed E-state index contributed by atoms with van der Waals surface area (Å²) in [6.07, 6.45) is 0. The Morgan fingerprint density at radius 3 is 1.73 bits per heavy atom. The van der Waals surface area contributed by atoms with Crippen molar-refractivity contribution in [1.82, 2.24) is 0 Å². The molecule has 0 radical (unpaired) electrons. The Labute approximate surface area is 104 Å². The largest absolute Gasteiger partial charge is 0.294 e. The van der Waals surface area contributed by atoms with E-state index in [1.165, 1.54) is 12.1 Å². The number of hydrogen-bond donors (Lipinski definition) is 1. The molecule has 0 saturated carbocycles. The van der Waals surface area contributed by atoms with Crippen molar-refractivity contribution in [2.24, 2.45) is 0 Å². The summed E-state index contributed by atoms with van der Waals surface area (Å²) in [4.78, 5) is -0.0666. The van der Waals surface area contributed by atoms with Gasteiger partial charge in [0.25, 0.3) is 10.1 Å². The number of benzene rings is 1. The van der Waals surface area contributed by atoms with E-state index in [9.17, 15) is 8.42 Å². The van der Waals surface area contributed by atoms with E-state index in [1.54, 1.807) is 12.1 Å². The molecular weight excluding hydrogens is 283 g/mol. The third-order valence-corrected chi connectivity index (χ3v) is 2.19. The normalized spacial score (nSPS) is 10.8. The summed E-state index contributed by atoms with van der Waals surface area (Å²) in [7, 11) is -4.02. The summed E-state index contributed by atoms with van der Waals surface area (Å²) >= 11 is 14.4. The Morgan fingerprint density at radius 2 is 1.47 bits per heavy atom. The first-order chi connectivity index (χ1) is 6.73. The topological polar surface area (TPSA) is 54.4 Å². The minimum atomic E-state index is -4.02. The molecule has 1 rings (SSSR count). The highest BCUT2D eigenvalue weighted by Crippen LogP contribution is 2.08. The van der Waals surface area contributed by atoms with E-state index in [1.807, 2.05) is 6.92 Å². The molecule has 0 unspecified atom stereocenters. The molecule has 7 heteroatoms. The predicted molar refractivity (Wildman–Crippen MR) is 62.3 cm³/mol. The first-order valence-corrected chi connectivity index (χ1v) is 6.45. The summed E-state index contributed by atoms with van der Waals surface area (Å²) in [6.45, 7) is 1.84. The summed E-state index contributed by atoms with van der Waals surface area (Å²) in [5.74, 6) is 0. The van der Waals surface area contributed by atoms with Gasteiger partial charge in [0, 0.05) is 0 Å². The molecule has 1 N–H and O–H groups in total. The van der Waals surface area contributed by atoms with Crippen LogP contribution in [0.2, 0.25) is 0 Å². The maximum Gasteiger partial charge on any atom is 0.294 e. The zero-order valence-electron chi connectivity index (χ0n) is 7.69. The van der Waals surface area contributed by atoms with Crippen LogP contribution in [0.5, 0.6) is 0 Å². The maximum absolute atomic E-state index is 10.5. The van der Waals surface area contributed by atoms with Crippen LogP contribution in [0.3, 0.4) is 0 Å². The Kier molecular flexibility index (Phi) is 6.55. The van der Waals surface area contributed by atoms with Crippen molar-refractivity contribution in [3.05, 3.63) is 29.8 Å². The van der Waals surface area contributed by atoms with Crippen LogP contribution in [0.25, 0.3) is 0 Å². The van der Waals surface area contributed by atoms with E-state index in [-0.39, 0.29) is 4.90 Å². The van der Waals surface area contributed by atoms with E-state index in [2.05, 4.69) is 0 Å². The number of rotatable bonds is 1. The second kappa shape index (κ2) is 6.55. The summed E-state index contributed by atoms with van der Waals surface area (Å²) in [5.41, 5.74) is 0.956. The van der Waals surface area contributed by atoms with Gasteiger partial charge in [0.1, 0.15) is 0 Å². The summed E-state index contributed by atoms with van der Waals surface area (Å²) in [6, 6.07) is 5.99. The minimum Gasteiger partial charge on any atom is -0.282 e. The number of halogens is 3. The van der Waals surface area contributed by atoms with Crippen molar-refractivity contribution in [3.63, 3.8) is 0 Å². The van der Waals surface area contributed by atoms with Crippen LogP contribution < -0.4 is 0 Å². The van der Waals surface area contributed by atoms with Crippen molar-refractivity contribution < 1.29 is 13.0 Å². The molecule has 3 nitrogen and oxygen atoms in total. The standard InChI is InChI=1S/C7H8O3S.CHCl3/c1-6-2-4-7(5-3-6)11(8,9)10;2-1(3)4/h2-5H,1H3,(H,8,9,10);1H. The Bertz CT molecular complexity index is 383. The van der Waals surface area contributed by atoms with Gasteiger partial charge in [-0.2, -0.15) is 8.42 Å². The Hall–Kier alpha value is -0.000000000000000111. The van der Waals surface area contributed by atoms with Gasteiger partial charge in [-0.15, -0.1) is 0 Å². The fraction of sp³-hybridized carbons (Fsp3) is 0.250. The zero-order chi connectivity index (χ0) is 12.1. The third-order valence-electron chi connectivity index (χ3n) is 1.32. The average molecular weight is 292 g/mol. The van der Waals surface area contributed by atoms with Gasteiger partial charge in [0.15, 0.2) is 4.30 Å². The van der Waals surface area contributed by atoms with E-state index >= 15 is 0 Å². The van der Waals surface area contributed by atoms with Crippen molar-refractivity contribution in [2.45, 2.75) is 16.1 Å². The molecule has 1 aromatic rings. The molecule has 0 aromatic heterocycles. The molecule has 0 amide bonds. The molecule has 0 aliphatic carbocycles.